The summed E-state index contributed by atoms with van der Waals surface area (Å²) in [7, 11) is 0. The van der Waals surface area contributed by atoms with Crippen LogP contribution in [0.5, 0.6) is 11.5 Å². The standard InChI is InChI=1S/C30H20F4N2O2S3/c1-29(31,32)37-19-7-3-17(4-8-19)23-13-15-25(39-23)21-11-12-22(28-27(21)35-41-36-28)26-16-14-24(40-26)18-5-9-20(10-6-18)38-30(2,33)34/h3-16H,1-2H3. The fourth-order valence-corrected chi connectivity index (χ4v) is 6.98. The number of hydrogen-bond acceptors (Lipinski definition) is 7. The third-order valence-corrected chi connectivity index (χ3v) is 8.89. The molecular formula is C30H20F4N2O2S3. The number of benzene rings is 3. The summed E-state index contributed by atoms with van der Waals surface area (Å²) in [6, 6.07) is 25.2. The molecule has 3 aromatic heterocycles. The zero-order valence-corrected chi connectivity index (χ0v) is 24.0. The van der Waals surface area contributed by atoms with E-state index in [1.165, 1.54) is 24.3 Å². The molecule has 0 spiro atoms. The van der Waals surface area contributed by atoms with Gasteiger partial charge in [-0.05, 0) is 83.9 Å². The molecule has 0 aliphatic rings. The highest BCUT2D eigenvalue weighted by Gasteiger charge is 2.24. The van der Waals surface area contributed by atoms with Gasteiger partial charge in [0.15, 0.2) is 0 Å². The number of fused-ring (bicyclic) bond motifs is 1. The monoisotopic (exact) mass is 612 g/mol. The van der Waals surface area contributed by atoms with Crippen molar-refractivity contribution < 1.29 is 27.0 Å². The van der Waals surface area contributed by atoms with Gasteiger partial charge in [-0.1, -0.05) is 12.1 Å². The summed E-state index contributed by atoms with van der Waals surface area (Å²) < 4.78 is 71.0. The van der Waals surface area contributed by atoms with Crippen LogP contribution >= 0.6 is 34.4 Å². The molecule has 6 rings (SSSR count). The van der Waals surface area contributed by atoms with Crippen molar-refractivity contribution in [3.8, 4) is 53.3 Å². The Kier molecular flexibility index (Phi) is 7.04. The van der Waals surface area contributed by atoms with E-state index in [2.05, 4.69) is 18.2 Å². The topological polar surface area (TPSA) is 44.2 Å². The molecule has 0 fully saturated rings. The summed E-state index contributed by atoms with van der Waals surface area (Å²) >= 11 is 4.30. The molecule has 0 amide bonds. The van der Waals surface area contributed by atoms with E-state index >= 15 is 0 Å². The molecule has 0 N–H and O–H groups in total. The maximum Gasteiger partial charge on any atom is 0.394 e. The number of hydrogen-bond donors (Lipinski definition) is 0. The Morgan fingerprint density at radius 1 is 0.512 bits per heavy atom. The SMILES string of the molecule is CC(F)(F)Oc1ccc(-c2ccc(-c3ccc(-c4ccc(-c5ccc(OC(C)(F)F)cc5)s4)c4nsnc34)s2)cc1. The molecule has 0 saturated carbocycles. The van der Waals surface area contributed by atoms with Crippen LogP contribution < -0.4 is 9.47 Å². The van der Waals surface area contributed by atoms with Gasteiger partial charge >= 0.3 is 12.2 Å². The van der Waals surface area contributed by atoms with Gasteiger partial charge in [0.05, 0.1) is 11.7 Å². The van der Waals surface area contributed by atoms with E-state index in [-0.39, 0.29) is 11.5 Å². The van der Waals surface area contributed by atoms with Crippen molar-refractivity contribution in [2.45, 2.75) is 26.1 Å². The fraction of sp³-hybridized carbons (Fsp3) is 0.133. The van der Waals surface area contributed by atoms with Crippen LogP contribution in [-0.2, 0) is 0 Å². The van der Waals surface area contributed by atoms with Gasteiger partial charge in [0.1, 0.15) is 22.5 Å². The van der Waals surface area contributed by atoms with Gasteiger partial charge in [0.25, 0.3) is 0 Å². The molecule has 0 bridgehead atoms. The summed E-state index contributed by atoms with van der Waals surface area (Å²) in [6.07, 6.45) is -6.47. The Morgan fingerprint density at radius 2 is 0.878 bits per heavy atom. The van der Waals surface area contributed by atoms with E-state index in [4.69, 9.17) is 0 Å². The van der Waals surface area contributed by atoms with Crippen LogP contribution in [0.25, 0.3) is 52.8 Å². The quantitative estimate of drug-likeness (QED) is 0.160. The molecule has 208 valence electrons. The van der Waals surface area contributed by atoms with Gasteiger partial charge in [0.2, 0.25) is 0 Å². The maximum atomic E-state index is 13.1. The lowest BCUT2D eigenvalue weighted by Crippen LogP contribution is -2.18. The van der Waals surface area contributed by atoms with E-state index in [0.717, 1.165) is 64.5 Å². The molecule has 41 heavy (non-hydrogen) atoms. The van der Waals surface area contributed by atoms with Gasteiger partial charge in [-0.2, -0.15) is 26.3 Å². The Morgan fingerprint density at radius 3 is 1.24 bits per heavy atom. The highest BCUT2D eigenvalue weighted by atomic mass is 32.1. The Balaban J connectivity index is 1.26. The van der Waals surface area contributed by atoms with Gasteiger partial charge < -0.3 is 9.47 Å². The van der Waals surface area contributed by atoms with Crippen LogP contribution in [0.15, 0.2) is 84.9 Å². The van der Waals surface area contributed by atoms with Crippen LogP contribution in [0, 0.1) is 0 Å². The zero-order chi connectivity index (χ0) is 28.8. The molecule has 0 aliphatic heterocycles. The first-order chi connectivity index (χ1) is 19.5. The van der Waals surface area contributed by atoms with Crippen molar-refractivity contribution in [2.75, 3.05) is 0 Å². The summed E-state index contributed by atoms with van der Waals surface area (Å²) in [5.41, 5.74) is 5.30. The maximum absolute atomic E-state index is 13.1. The zero-order valence-electron chi connectivity index (χ0n) is 21.5. The molecule has 6 aromatic rings. The minimum absolute atomic E-state index is 0.104. The van der Waals surface area contributed by atoms with Crippen LogP contribution in [0.3, 0.4) is 0 Å². The van der Waals surface area contributed by atoms with Crippen molar-refractivity contribution >= 4 is 45.4 Å². The molecule has 3 heterocycles. The van der Waals surface area contributed by atoms with Gasteiger partial charge in [-0.25, -0.2) is 0 Å². The Labute approximate surface area is 244 Å². The van der Waals surface area contributed by atoms with Crippen LogP contribution in [0.2, 0.25) is 0 Å². The minimum atomic E-state index is -3.24. The molecule has 0 unspecified atom stereocenters. The number of nitrogens with zero attached hydrogens (tertiary/aromatic N) is 2. The predicted octanol–water partition coefficient (Wildman–Crippen LogP) is 10.5. The van der Waals surface area contributed by atoms with Crippen molar-refractivity contribution in [1.29, 1.82) is 0 Å². The van der Waals surface area contributed by atoms with Gasteiger partial charge in [-0.15, -0.1) is 22.7 Å². The number of aromatic nitrogens is 2. The summed E-state index contributed by atoms with van der Waals surface area (Å²) in [5, 5.41) is 0. The molecular weight excluding hydrogens is 593 g/mol. The minimum Gasteiger partial charge on any atom is -0.433 e. The highest BCUT2D eigenvalue weighted by molar-refractivity contribution is 7.19. The third-order valence-electron chi connectivity index (χ3n) is 6.03. The fourth-order valence-electron chi connectivity index (χ4n) is 4.33. The highest BCUT2D eigenvalue weighted by Crippen LogP contribution is 2.42. The first-order valence-electron chi connectivity index (χ1n) is 12.3. The second kappa shape index (κ2) is 10.6. The second-order valence-electron chi connectivity index (χ2n) is 9.32. The van der Waals surface area contributed by atoms with Crippen molar-refractivity contribution in [3.05, 3.63) is 84.9 Å². The first kappa shape index (κ1) is 27.4. The van der Waals surface area contributed by atoms with Crippen molar-refractivity contribution in [3.63, 3.8) is 0 Å². The smallest absolute Gasteiger partial charge is 0.394 e. The molecule has 0 radical (unpaired) electrons. The number of ether oxygens (including phenoxy) is 2. The molecule has 0 saturated heterocycles. The van der Waals surface area contributed by atoms with Gasteiger partial charge in [0, 0.05) is 44.5 Å². The molecule has 11 heteroatoms. The number of halogens is 4. The van der Waals surface area contributed by atoms with Crippen LogP contribution in [0.4, 0.5) is 17.6 Å². The largest absolute Gasteiger partial charge is 0.433 e. The van der Waals surface area contributed by atoms with E-state index < -0.39 is 12.2 Å². The van der Waals surface area contributed by atoms with E-state index in [1.807, 2.05) is 36.4 Å². The predicted molar refractivity (Wildman–Crippen MR) is 157 cm³/mol. The lowest BCUT2D eigenvalue weighted by molar-refractivity contribution is -0.159. The van der Waals surface area contributed by atoms with Crippen molar-refractivity contribution in [2.24, 2.45) is 0 Å². The number of rotatable bonds is 8. The van der Waals surface area contributed by atoms with Gasteiger partial charge in [-0.3, -0.25) is 0 Å². The van der Waals surface area contributed by atoms with E-state index in [1.54, 1.807) is 46.9 Å². The molecule has 4 nitrogen and oxygen atoms in total. The second-order valence-corrected chi connectivity index (χ2v) is 12.0. The normalized spacial score (nSPS) is 12.1. The lowest BCUT2D eigenvalue weighted by Gasteiger charge is -2.12. The average Bonchev–Trinajstić information content (AvgIpc) is 3.68. The Bertz CT molecular complexity index is 1680. The van der Waals surface area contributed by atoms with Crippen molar-refractivity contribution in [1.82, 2.24) is 8.75 Å². The lowest BCUT2D eigenvalue weighted by atomic mass is 10.1. The number of thiophene rings is 2. The molecule has 0 aliphatic carbocycles. The van der Waals surface area contributed by atoms with Crippen LogP contribution in [-0.4, -0.2) is 21.0 Å². The summed E-state index contributed by atoms with van der Waals surface area (Å²) in [6.45, 7) is 1.41. The molecule has 3 aromatic carbocycles. The summed E-state index contributed by atoms with van der Waals surface area (Å²) in [5.74, 6) is 0.209. The van der Waals surface area contributed by atoms with Crippen LogP contribution in [0.1, 0.15) is 13.8 Å². The molecule has 0 atom stereocenters. The van der Waals surface area contributed by atoms with E-state index in [9.17, 15) is 17.6 Å². The van der Waals surface area contributed by atoms with E-state index in [0.29, 0.717) is 13.8 Å². The average molecular weight is 613 g/mol. The third kappa shape index (κ3) is 6.12. The number of alkyl halides is 4. The first-order valence-corrected chi connectivity index (χ1v) is 14.7. The Hall–Kier alpha value is -3.80. The summed E-state index contributed by atoms with van der Waals surface area (Å²) in [4.78, 5) is 3.99.